The molecule has 1 aromatic rings. The van der Waals surface area contributed by atoms with Gasteiger partial charge >= 0.3 is 0 Å². The van der Waals surface area contributed by atoms with Crippen molar-refractivity contribution < 1.29 is 9.78 Å². The molecule has 2 heterocycles. The minimum absolute atomic E-state index is 0.0818. The van der Waals surface area contributed by atoms with Gasteiger partial charge in [-0.3, -0.25) is 14.9 Å². The van der Waals surface area contributed by atoms with Gasteiger partial charge in [0.25, 0.3) is 0 Å². The number of hydrogen-bond acceptors (Lipinski definition) is 8. The van der Waals surface area contributed by atoms with E-state index in [1.807, 2.05) is 66.0 Å². The van der Waals surface area contributed by atoms with Crippen LogP contribution in [-0.4, -0.2) is 83.0 Å². The van der Waals surface area contributed by atoms with E-state index in [2.05, 4.69) is 49.7 Å². The average molecular weight is 641 g/mol. The number of allylic oxidation sites excluding steroid dienone is 2. The molecule has 2 aliphatic heterocycles. The van der Waals surface area contributed by atoms with Crippen molar-refractivity contribution in [1.82, 2.24) is 10.2 Å². The molecular formula is C34H60N10O2. The number of hydrogen-bond donors (Lipinski definition) is 6. The molecule has 1 unspecified atom stereocenters. The van der Waals surface area contributed by atoms with Crippen molar-refractivity contribution in [2.75, 3.05) is 58.7 Å². The molecule has 46 heavy (non-hydrogen) atoms. The molecule has 2 aliphatic rings. The summed E-state index contributed by atoms with van der Waals surface area (Å²) in [6.07, 6.45) is 12.2. The topological polar surface area (TPSA) is 187 Å². The van der Waals surface area contributed by atoms with E-state index in [0.29, 0.717) is 44.2 Å². The molecule has 3 atom stereocenters. The zero-order valence-electron chi connectivity index (χ0n) is 29.1. The van der Waals surface area contributed by atoms with Crippen LogP contribution in [-0.2, 0) is 4.89 Å². The van der Waals surface area contributed by atoms with Gasteiger partial charge in [0.15, 0.2) is 11.7 Å². The lowest BCUT2D eigenvalue weighted by Gasteiger charge is -2.39. The van der Waals surface area contributed by atoms with Crippen molar-refractivity contribution in [2.45, 2.75) is 66.0 Å². The predicted octanol–water partition coefficient (Wildman–Crippen LogP) is 3.88. The number of nitrogens with zero attached hydrogens (tertiary/aromatic N) is 4. The molecule has 0 spiro atoms. The first-order valence-electron chi connectivity index (χ1n) is 16.0. The molecule has 12 nitrogen and oxygen atoms in total. The van der Waals surface area contributed by atoms with E-state index in [-0.39, 0.29) is 5.96 Å². The molecule has 0 radical (unpaired) electrons. The average Bonchev–Trinajstić information content (AvgIpc) is 3.40. The highest BCUT2D eigenvalue weighted by atomic mass is 17.2. The monoisotopic (exact) mass is 640 g/mol. The van der Waals surface area contributed by atoms with Crippen LogP contribution in [0, 0.1) is 5.92 Å². The van der Waals surface area contributed by atoms with Crippen molar-refractivity contribution in [1.29, 1.82) is 0 Å². The minimum atomic E-state index is 0.0818. The van der Waals surface area contributed by atoms with Crippen molar-refractivity contribution in [3.63, 3.8) is 0 Å². The van der Waals surface area contributed by atoms with Crippen molar-refractivity contribution >= 4 is 24.3 Å². The highest BCUT2D eigenvalue weighted by Gasteiger charge is 2.42. The molecule has 1 aromatic carbocycles. The summed E-state index contributed by atoms with van der Waals surface area (Å²) < 4.78 is 0. The maximum Gasteiger partial charge on any atom is 0.186 e. The third-order valence-corrected chi connectivity index (χ3v) is 7.41. The Kier molecular flexibility index (Phi) is 20.5. The quantitative estimate of drug-likeness (QED) is 0.0438. The Bertz CT molecular complexity index is 1150. The fourth-order valence-electron chi connectivity index (χ4n) is 5.07. The smallest absolute Gasteiger partial charge is 0.186 e. The zero-order valence-corrected chi connectivity index (χ0v) is 29.1. The molecule has 3 rings (SSSR count). The Morgan fingerprint density at radius 2 is 1.65 bits per heavy atom. The maximum absolute atomic E-state index is 5.58. The third-order valence-electron chi connectivity index (χ3n) is 7.41. The molecule has 0 amide bonds. The largest absolute Gasteiger partial charge is 0.390 e. The summed E-state index contributed by atoms with van der Waals surface area (Å²) in [4.78, 5) is 25.0. The first kappa shape index (κ1) is 40.2. The van der Waals surface area contributed by atoms with E-state index < -0.39 is 0 Å². The van der Waals surface area contributed by atoms with Gasteiger partial charge in [0.1, 0.15) is 6.61 Å². The van der Waals surface area contributed by atoms with Crippen LogP contribution in [0.3, 0.4) is 0 Å². The van der Waals surface area contributed by atoms with Crippen LogP contribution >= 0.6 is 0 Å². The number of anilines is 1. The summed E-state index contributed by atoms with van der Waals surface area (Å²) in [5.41, 5.74) is 26.7. The summed E-state index contributed by atoms with van der Waals surface area (Å²) in [7, 11) is 4.24. The van der Waals surface area contributed by atoms with Gasteiger partial charge in [-0.2, -0.15) is 4.89 Å². The van der Waals surface area contributed by atoms with Crippen molar-refractivity contribution in [3.05, 3.63) is 58.7 Å². The van der Waals surface area contributed by atoms with Gasteiger partial charge in [-0.15, -0.1) is 0 Å². The number of nitrogens with one attached hydrogen (secondary N) is 2. The van der Waals surface area contributed by atoms with Crippen LogP contribution in [0.4, 0.5) is 5.69 Å². The number of rotatable bonds is 14. The van der Waals surface area contributed by atoms with Crippen molar-refractivity contribution in [2.24, 2.45) is 43.8 Å². The molecule has 0 aliphatic carbocycles. The Hall–Kier alpha value is -3.87. The van der Waals surface area contributed by atoms with E-state index in [0.717, 1.165) is 24.4 Å². The number of nitrogens with two attached hydrogens (primary N) is 4. The van der Waals surface area contributed by atoms with Gasteiger partial charge in [-0.05, 0) is 116 Å². The molecule has 1 fully saturated rings. The number of guanidine groups is 1. The summed E-state index contributed by atoms with van der Waals surface area (Å²) >= 11 is 0. The second kappa shape index (κ2) is 23.5. The fraction of sp³-hybridized carbons (Fsp3) is 0.559. The highest BCUT2D eigenvalue weighted by Crippen LogP contribution is 2.47. The van der Waals surface area contributed by atoms with E-state index in [1.54, 1.807) is 0 Å². The normalized spacial score (nSPS) is 18.7. The van der Waals surface area contributed by atoms with Gasteiger partial charge in [0, 0.05) is 17.8 Å². The lowest BCUT2D eigenvalue weighted by molar-refractivity contribution is -0.198. The highest BCUT2D eigenvalue weighted by molar-refractivity contribution is 5.75. The number of benzene rings is 1. The summed E-state index contributed by atoms with van der Waals surface area (Å²) in [5, 5.41) is 7.04. The van der Waals surface area contributed by atoms with Gasteiger partial charge in [0.05, 0.1) is 32.3 Å². The van der Waals surface area contributed by atoms with E-state index in [9.17, 15) is 0 Å². The molecule has 10 N–H and O–H groups in total. The van der Waals surface area contributed by atoms with E-state index >= 15 is 0 Å². The molecule has 0 bridgehead atoms. The second-order valence-corrected chi connectivity index (χ2v) is 11.9. The Morgan fingerprint density at radius 3 is 2.22 bits per heavy atom. The van der Waals surface area contributed by atoms with Crippen molar-refractivity contribution in [3.8, 4) is 5.75 Å². The summed E-state index contributed by atoms with van der Waals surface area (Å²) in [6.45, 7) is 14.5. The number of likely N-dealkylation sites (tertiary alicyclic amines) is 1. The van der Waals surface area contributed by atoms with Gasteiger partial charge < -0.3 is 38.5 Å². The summed E-state index contributed by atoms with van der Waals surface area (Å²) in [5.74, 6) is 1.43. The first-order chi connectivity index (χ1) is 22.0. The maximum atomic E-state index is 5.58. The van der Waals surface area contributed by atoms with Crippen LogP contribution in [0.2, 0.25) is 0 Å². The number of fused-ring (bicyclic) bond motifs is 3. The molecule has 1 saturated heterocycles. The zero-order chi connectivity index (χ0) is 34.3. The van der Waals surface area contributed by atoms with Gasteiger partial charge in [0.2, 0.25) is 0 Å². The number of aliphatic imine (C=N–C) groups is 3. The van der Waals surface area contributed by atoms with Crippen LogP contribution in [0.25, 0.3) is 0 Å². The lowest BCUT2D eigenvalue weighted by atomic mass is 9.81. The SMILES string of the molecule is CC(C)=CCN=CN.CC(C)=CCN=CN.CNCCC[C@@H]1Nc2ccc(OOC/C(C)=C/CN=C(N)N)cc2C2[C@H]1CCN2C. The minimum Gasteiger partial charge on any atom is -0.390 e. The Morgan fingerprint density at radius 1 is 1.00 bits per heavy atom. The van der Waals surface area contributed by atoms with Gasteiger partial charge in [-0.1, -0.05) is 29.4 Å². The van der Waals surface area contributed by atoms with Gasteiger partial charge in [-0.25, -0.2) is 4.99 Å². The molecule has 12 heteroatoms. The van der Waals surface area contributed by atoms with Crippen LogP contribution < -0.4 is 38.5 Å². The van der Waals surface area contributed by atoms with Crippen LogP contribution in [0.1, 0.15) is 65.5 Å². The van der Waals surface area contributed by atoms with Crippen LogP contribution in [0.15, 0.2) is 68.1 Å². The molecule has 0 aromatic heterocycles. The lowest BCUT2D eigenvalue weighted by Crippen LogP contribution is -2.38. The second-order valence-electron chi connectivity index (χ2n) is 11.9. The summed E-state index contributed by atoms with van der Waals surface area (Å²) in [6, 6.07) is 7.13. The fourth-order valence-corrected chi connectivity index (χ4v) is 5.07. The van der Waals surface area contributed by atoms with Crippen LogP contribution in [0.5, 0.6) is 5.75 Å². The standard InChI is InChI=1S/C22H36N6O2.2C6H12N2/c1-15(8-11-26-22(23)24)14-29-30-16-6-7-20-18(13-16)21-17(9-12-28(21)3)19(27-20)5-4-10-25-2;2*1-6(2)3-4-8-5-7/h6-8,13,17,19,21,25,27H,4-5,9-12,14H2,1-3H3,(H4,23,24,26);2*3,5H,4H2,1-2H3,(H2,7,8)/b15-8+;;/t17-,19-,21?;;/m0../s1. The molecule has 258 valence electrons. The third kappa shape index (κ3) is 16.4. The first-order valence-corrected chi connectivity index (χ1v) is 16.0. The van der Waals surface area contributed by atoms with E-state index in [4.69, 9.17) is 32.7 Å². The van der Waals surface area contributed by atoms with E-state index in [1.165, 1.54) is 54.3 Å². The Balaban J connectivity index is 0.000000545. The molecular weight excluding hydrogens is 580 g/mol. The Labute approximate surface area is 277 Å². The predicted molar refractivity (Wildman–Crippen MR) is 195 cm³/mol. The molecule has 0 saturated carbocycles.